The highest BCUT2D eigenvalue weighted by molar-refractivity contribution is 5.86. The minimum absolute atomic E-state index is 0. The highest BCUT2D eigenvalue weighted by Gasteiger charge is 2.40. The third-order valence-corrected chi connectivity index (χ3v) is 5.15. The van der Waals surface area contributed by atoms with E-state index in [1.165, 1.54) is 5.56 Å². The normalized spacial score (nSPS) is 19.3. The van der Waals surface area contributed by atoms with Crippen LogP contribution in [0.5, 0.6) is 0 Å². The Morgan fingerprint density at radius 3 is 2.66 bits per heavy atom. The Morgan fingerprint density at radius 1 is 1.24 bits per heavy atom. The molecule has 9 heteroatoms. The van der Waals surface area contributed by atoms with Crippen molar-refractivity contribution in [3.05, 3.63) is 54.1 Å². The van der Waals surface area contributed by atoms with Crippen molar-refractivity contribution in [1.29, 1.82) is 0 Å². The molecule has 1 aliphatic carbocycles. The van der Waals surface area contributed by atoms with Crippen LogP contribution in [0.1, 0.15) is 30.5 Å². The van der Waals surface area contributed by atoms with Crippen LogP contribution < -0.4 is 11.1 Å². The summed E-state index contributed by atoms with van der Waals surface area (Å²) in [5, 5.41) is 2.93. The van der Waals surface area contributed by atoms with Gasteiger partial charge in [0.2, 0.25) is 11.8 Å². The number of halogens is 2. The fourth-order valence-electron chi connectivity index (χ4n) is 3.59. The SMILES string of the molecule is Cl.Cl.N[C@@H](Cc1cn(Cc2ccccc2)cn1)C(=O)NC1CC(=O)N(C2CC2)C1. The molecular weight excluding hydrogens is 413 g/mol. The Kier molecular flexibility index (Phi) is 8.07. The second-order valence-electron chi connectivity index (χ2n) is 7.52. The van der Waals surface area contributed by atoms with Gasteiger partial charge in [0.05, 0.1) is 24.1 Å². The van der Waals surface area contributed by atoms with Gasteiger partial charge in [0, 0.05) is 38.2 Å². The van der Waals surface area contributed by atoms with E-state index in [1.807, 2.05) is 33.9 Å². The lowest BCUT2D eigenvalue weighted by atomic mass is 10.1. The molecular formula is C20H27Cl2N5O2. The van der Waals surface area contributed by atoms with E-state index in [4.69, 9.17) is 5.73 Å². The largest absolute Gasteiger partial charge is 0.350 e. The summed E-state index contributed by atoms with van der Waals surface area (Å²) in [6.45, 7) is 1.34. The Morgan fingerprint density at radius 2 is 1.97 bits per heavy atom. The quantitative estimate of drug-likeness (QED) is 0.683. The number of aromatic nitrogens is 2. The van der Waals surface area contributed by atoms with E-state index in [-0.39, 0.29) is 42.7 Å². The summed E-state index contributed by atoms with van der Waals surface area (Å²) < 4.78 is 1.98. The van der Waals surface area contributed by atoms with Crippen molar-refractivity contribution in [3.8, 4) is 0 Å². The van der Waals surface area contributed by atoms with E-state index >= 15 is 0 Å². The Bertz CT molecular complexity index is 825. The van der Waals surface area contributed by atoms with Crippen molar-refractivity contribution in [2.45, 2.75) is 50.4 Å². The third-order valence-electron chi connectivity index (χ3n) is 5.15. The highest BCUT2D eigenvalue weighted by Crippen LogP contribution is 2.30. The molecule has 2 heterocycles. The number of carbonyl (C=O) groups is 2. The number of benzene rings is 1. The molecule has 1 saturated heterocycles. The summed E-state index contributed by atoms with van der Waals surface area (Å²) >= 11 is 0. The maximum Gasteiger partial charge on any atom is 0.237 e. The average Bonchev–Trinajstić information content (AvgIpc) is 3.30. The van der Waals surface area contributed by atoms with Crippen LogP contribution in [0.2, 0.25) is 0 Å². The van der Waals surface area contributed by atoms with Crippen LogP contribution in [0.25, 0.3) is 0 Å². The minimum atomic E-state index is -0.671. The van der Waals surface area contributed by atoms with Crippen LogP contribution in [0.15, 0.2) is 42.9 Å². The zero-order chi connectivity index (χ0) is 18.8. The minimum Gasteiger partial charge on any atom is -0.350 e. The molecule has 158 valence electrons. The van der Waals surface area contributed by atoms with Gasteiger partial charge in [-0.3, -0.25) is 9.59 Å². The van der Waals surface area contributed by atoms with Crippen LogP contribution in [0.4, 0.5) is 0 Å². The number of nitrogens with zero attached hydrogens (tertiary/aromatic N) is 3. The molecule has 1 unspecified atom stereocenters. The topological polar surface area (TPSA) is 93.2 Å². The smallest absolute Gasteiger partial charge is 0.237 e. The monoisotopic (exact) mass is 439 g/mol. The van der Waals surface area contributed by atoms with Gasteiger partial charge >= 0.3 is 0 Å². The number of hydrogen-bond donors (Lipinski definition) is 2. The molecule has 7 nitrogen and oxygen atoms in total. The lowest BCUT2D eigenvalue weighted by molar-refractivity contribution is -0.128. The number of amides is 2. The zero-order valence-electron chi connectivity index (χ0n) is 16.1. The third kappa shape index (κ3) is 5.95. The van der Waals surface area contributed by atoms with Gasteiger partial charge < -0.3 is 20.5 Å². The molecule has 2 amide bonds. The van der Waals surface area contributed by atoms with Gasteiger partial charge in [0.25, 0.3) is 0 Å². The lowest BCUT2D eigenvalue weighted by Gasteiger charge is -2.18. The Balaban J connectivity index is 0.00000150. The van der Waals surface area contributed by atoms with Crippen LogP contribution in [0, 0.1) is 0 Å². The van der Waals surface area contributed by atoms with Crippen LogP contribution in [-0.4, -0.2) is 50.9 Å². The van der Waals surface area contributed by atoms with E-state index in [0.717, 1.165) is 25.1 Å². The van der Waals surface area contributed by atoms with Crippen molar-refractivity contribution >= 4 is 36.6 Å². The first kappa shape index (κ1) is 23.2. The second-order valence-corrected chi connectivity index (χ2v) is 7.52. The maximum absolute atomic E-state index is 12.4. The Labute approximate surface area is 182 Å². The van der Waals surface area contributed by atoms with Gasteiger partial charge in [-0.15, -0.1) is 24.8 Å². The van der Waals surface area contributed by atoms with E-state index in [9.17, 15) is 9.59 Å². The standard InChI is InChI=1S/C20H25N5O2.2ClH/c21-18(20(27)23-16-9-19(26)25(12-16)17-6-7-17)8-15-11-24(13-22-15)10-14-4-2-1-3-5-14;;/h1-5,11,13,16-18H,6-10,12,21H2,(H,23,27);2*1H/t16?,18-;;/m0../s1. The van der Waals surface area contributed by atoms with Gasteiger partial charge in [-0.2, -0.15) is 0 Å². The summed E-state index contributed by atoms with van der Waals surface area (Å²) in [5.41, 5.74) is 8.05. The summed E-state index contributed by atoms with van der Waals surface area (Å²) in [6, 6.07) is 9.71. The van der Waals surface area contributed by atoms with Gasteiger partial charge in [0.1, 0.15) is 0 Å². The van der Waals surface area contributed by atoms with Crippen LogP contribution in [-0.2, 0) is 22.6 Å². The molecule has 1 aliphatic heterocycles. The maximum atomic E-state index is 12.4. The van der Waals surface area contributed by atoms with Crippen molar-refractivity contribution in [3.63, 3.8) is 0 Å². The first-order valence-corrected chi connectivity index (χ1v) is 9.48. The predicted molar refractivity (Wildman–Crippen MR) is 115 cm³/mol. The molecule has 29 heavy (non-hydrogen) atoms. The predicted octanol–water partition coefficient (Wildman–Crippen LogP) is 1.52. The van der Waals surface area contributed by atoms with Gasteiger partial charge in [0.15, 0.2) is 0 Å². The molecule has 2 atom stereocenters. The summed E-state index contributed by atoms with van der Waals surface area (Å²) in [4.78, 5) is 30.6. The summed E-state index contributed by atoms with van der Waals surface area (Å²) in [7, 11) is 0. The molecule has 2 aromatic rings. The molecule has 2 aliphatic rings. The molecule has 3 N–H and O–H groups in total. The summed E-state index contributed by atoms with van der Waals surface area (Å²) in [5.74, 6) is -0.0842. The zero-order valence-corrected chi connectivity index (χ0v) is 17.7. The molecule has 2 fully saturated rings. The van der Waals surface area contributed by atoms with E-state index < -0.39 is 6.04 Å². The highest BCUT2D eigenvalue weighted by atomic mass is 35.5. The van der Waals surface area contributed by atoms with Crippen LogP contribution in [0.3, 0.4) is 0 Å². The number of imidazole rings is 1. The average molecular weight is 440 g/mol. The molecule has 1 saturated carbocycles. The molecule has 1 aromatic heterocycles. The number of likely N-dealkylation sites (tertiary alicyclic amines) is 1. The van der Waals surface area contributed by atoms with Gasteiger partial charge in [-0.05, 0) is 18.4 Å². The number of hydrogen-bond acceptors (Lipinski definition) is 4. The molecule has 0 radical (unpaired) electrons. The second kappa shape index (κ2) is 10.1. The first-order chi connectivity index (χ1) is 13.1. The van der Waals surface area contributed by atoms with Gasteiger partial charge in [-0.25, -0.2) is 4.98 Å². The molecule has 0 spiro atoms. The van der Waals surface area contributed by atoms with Gasteiger partial charge in [-0.1, -0.05) is 30.3 Å². The summed E-state index contributed by atoms with van der Waals surface area (Å²) in [6.07, 6.45) is 6.60. The fourth-order valence-corrected chi connectivity index (χ4v) is 3.59. The van der Waals surface area contributed by atoms with E-state index in [1.54, 1.807) is 6.33 Å². The Hall–Kier alpha value is -2.09. The van der Waals surface area contributed by atoms with Crippen molar-refractivity contribution in [2.24, 2.45) is 5.73 Å². The first-order valence-electron chi connectivity index (χ1n) is 9.48. The molecule has 4 rings (SSSR count). The lowest BCUT2D eigenvalue weighted by Crippen LogP contribution is -2.47. The number of nitrogens with two attached hydrogens (primary N) is 1. The van der Waals surface area contributed by atoms with E-state index in [2.05, 4.69) is 22.4 Å². The van der Waals surface area contributed by atoms with Crippen molar-refractivity contribution < 1.29 is 9.59 Å². The number of rotatable bonds is 7. The number of carbonyl (C=O) groups excluding carboxylic acids is 2. The number of nitrogens with one attached hydrogen (secondary N) is 1. The van der Waals surface area contributed by atoms with Crippen molar-refractivity contribution in [2.75, 3.05) is 6.54 Å². The molecule has 1 aromatic carbocycles. The van der Waals surface area contributed by atoms with Crippen molar-refractivity contribution in [1.82, 2.24) is 19.8 Å². The fraction of sp³-hybridized carbons (Fsp3) is 0.450. The van der Waals surface area contributed by atoms with Crippen LogP contribution >= 0.6 is 24.8 Å². The van der Waals surface area contributed by atoms with E-state index in [0.29, 0.717) is 25.4 Å². The molecule has 0 bridgehead atoms.